The minimum atomic E-state index is -1.43. The zero-order valence-corrected chi connectivity index (χ0v) is 17.1. The van der Waals surface area contributed by atoms with Gasteiger partial charge in [-0.05, 0) is 23.6 Å². The molecule has 1 unspecified atom stereocenters. The average molecular weight is 436 g/mol. The van der Waals surface area contributed by atoms with Crippen molar-refractivity contribution in [1.82, 2.24) is 4.31 Å². The zero-order valence-electron chi connectivity index (χ0n) is 14.7. The number of ether oxygens (including phenoxy) is 1. The Kier molecular flexibility index (Phi) is 5.56. The minimum absolute atomic E-state index is 0.163. The van der Waals surface area contributed by atoms with Gasteiger partial charge in [-0.25, -0.2) is 8.51 Å². The van der Waals surface area contributed by atoms with Crippen molar-refractivity contribution in [3.63, 3.8) is 0 Å². The number of nitrogens with two attached hydrogens (primary N) is 1. The summed E-state index contributed by atoms with van der Waals surface area (Å²) in [5, 5.41) is 4.05. The van der Waals surface area contributed by atoms with Crippen LogP contribution in [0.5, 0.6) is 0 Å². The molecule has 1 aliphatic rings. The summed E-state index contributed by atoms with van der Waals surface area (Å²) in [5.41, 5.74) is 5.63. The van der Waals surface area contributed by atoms with Gasteiger partial charge in [0.25, 0.3) is 11.8 Å². The van der Waals surface area contributed by atoms with Crippen molar-refractivity contribution < 1.29 is 18.5 Å². The fourth-order valence-corrected chi connectivity index (χ4v) is 6.38. The van der Waals surface area contributed by atoms with E-state index >= 15 is 0 Å². The van der Waals surface area contributed by atoms with Crippen LogP contribution in [0.2, 0.25) is 0 Å². The summed E-state index contributed by atoms with van der Waals surface area (Å²) >= 11 is 2.48. The van der Waals surface area contributed by atoms with E-state index in [1.165, 1.54) is 17.4 Å². The molecule has 0 radical (unpaired) electrons. The number of carbonyl (C=O) groups excluding carboxylic acids is 2. The van der Waals surface area contributed by atoms with Crippen LogP contribution >= 0.6 is 22.7 Å². The third-order valence-electron chi connectivity index (χ3n) is 4.23. The number of nitrogens with one attached hydrogen (secondary N) is 1. The summed E-state index contributed by atoms with van der Waals surface area (Å²) in [4.78, 5) is 25.1. The molecule has 0 bridgehead atoms. The molecule has 3 N–H and O–H groups in total. The van der Waals surface area contributed by atoms with E-state index in [4.69, 9.17) is 10.5 Å². The van der Waals surface area contributed by atoms with Crippen LogP contribution < -0.4 is 11.1 Å². The number of hydrogen-bond donors (Lipinski definition) is 2. The first-order chi connectivity index (χ1) is 13.5. The van der Waals surface area contributed by atoms with E-state index in [1.54, 1.807) is 10.4 Å². The van der Waals surface area contributed by atoms with Crippen molar-refractivity contribution in [1.29, 1.82) is 0 Å². The molecule has 1 saturated heterocycles. The van der Waals surface area contributed by atoms with Gasteiger partial charge < -0.3 is 15.8 Å². The average Bonchev–Trinajstić information content (AvgIpc) is 3.32. The van der Waals surface area contributed by atoms with Crippen LogP contribution in [0.4, 0.5) is 5.00 Å². The lowest BCUT2D eigenvalue weighted by atomic mass is 10.2. The van der Waals surface area contributed by atoms with Crippen LogP contribution in [-0.4, -0.2) is 46.6 Å². The van der Waals surface area contributed by atoms with Crippen LogP contribution in [0, 0.1) is 0 Å². The predicted molar refractivity (Wildman–Crippen MR) is 111 cm³/mol. The predicted octanol–water partition coefficient (Wildman–Crippen LogP) is 2.67. The number of thiophene rings is 2. The van der Waals surface area contributed by atoms with Gasteiger partial charge in [-0.15, -0.1) is 22.7 Å². The first kappa shape index (κ1) is 19.2. The van der Waals surface area contributed by atoms with E-state index in [0.717, 1.165) is 21.4 Å². The molecule has 0 aliphatic carbocycles. The fourth-order valence-electron chi connectivity index (χ4n) is 2.83. The number of hydrogen-bond acceptors (Lipinski definition) is 6. The SMILES string of the molecule is NC(=O)c1cc(S(=O)N2CCOCC2)sc1NC(=O)c1cc2ccccc2s1. The third kappa shape index (κ3) is 3.87. The van der Waals surface area contributed by atoms with Crippen molar-refractivity contribution in [3.8, 4) is 0 Å². The maximum atomic E-state index is 12.8. The fraction of sp³-hybridized carbons (Fsp3) is 0.222. The molecule has 2 amide bonds. The Balaban J connectivity index is 1.59. The lowest BCUT2D eigenvalue weighted by Crippen LogP contribution is -2.37. The molecule has 2 aromatic heterocycles. The van der Waals surface area contributed by atoms with Crippen LogP contribution in [0.1, 0.15) is 20.0 Å². The Morgan fingerprint density at radius 3 is 2.61 bits per heavy atom. The second-order valence-corrected chi connectivity index (χ2v) is 9.91. The lowest BCUT2D eigenvalue weighted by molar-refractivity contribution is 0.0752. The molecule has 3 aromatic rings. The number of amides is 2. The van der Waals surface area contributed by atoms with Crippen molar-refractivity contribution in [3.05, 3.63) is 46.8 Å². The van der Waals surface area contributed by atoms with Gasteiger partial charge in [0.1, 0.15) is 20.2 Å². The van der Waals surface area contributed by atoms with E-state index in [2.05, 4.69) is 5.32 Å². The molecule has 0 spiro atoms. The molecule has 28 heavy (non-hydrogen) atoms. The minimum Gasteiger partial charge on any atom is -0.379 e. The van der Waals surface area contributed by atoms with Crippen molar-refractivity contribution in [2.75, 3.05) is 31.6 Å². The third-order valence-corrected chi connectivity index (χ3v) is 8.16. The molecule has 146 valence electrons. The molecule has 1 aromatic carbocycles. The molecule has 10 heteroatoms. The highest BCUT2D eigenvalue weighted by atomic mass is 32.2. The molecule has 7 nitrogen and oxygen atoms in total. The maximum Gasteiger partial charge on any atom is 0.266 e. The van der Waals surface area contributed by atoms with Crippen molar-refractivity contribution >= 4 is 60.6 Å². The van der Waals surface area contributed by atoms with Crippen molar-refractivity contribution in [2.45, 2.75) is 4.21 Å². The monoisotopic (exact) mass is 435 g/mol. The van der Waals surface area contributed by atoms with E-state index in [0.29, 0.717) is 40.4 Å². The normalized spacial score (nSPS) is 16.1. The second kappa shape index (κ2) is 8.10. The summed E-state index contributed by atoms with van der Waals surface area (Å²) in [6, 6.07) is 11.0. The Morgan fingerprint density at radius 1 is 1.14 bits per heavy atom. The summed E-state index contributed by atoms with van der Waals surface area (Å²) in [5.74, 6) is -0.998. The number of carbonyl (C=O) groups is 2. The van der Waals surface area contributed by atoms with Gasteiger partial charge in [0.2, 0.25) is 0 Å². The van der Waals surface area contributed by atoms with Crippen LogP contribution in [0.15, 0.2) is 40.6 Å². The van der Waals surface area contributed by atoms with Crippen molar-refractivity contribution in [2.24, 2.45) is 5.73 Å². The first-order valence-corrected chi connectivity index (χ1v) is 11.2. The number of morpholine rings is 1. The van der Waals surface area contributed by atoms with Crippen LogP contribution in [-0.2, 0) is 15.7 Å². The number of nitrogens with zero attached hydrogens (tertiary/aromatic N) is 1. The van der Waals surface area contributed by atoms with E-state index in [9.17, 15) is 13.8 Å². The van der Waals surface area contributed by atoms with Gasteiger partial charge in [0, 0.05) is 17.8 Å². The molecule has 0 saturated carbocycles. The highest BCUT2D eigenvalue weighted by Gasteiger charge is 2.24. The molecule has 1 atom stereocenters. The molecule has 1 fully saturated rings. The van der Waals surface area contributed by atoms with Gasteiger partial charge >= 0.3 is 0 Å². The second-order valence-electron chi connectivity index (χ2n) is 6.07. The van der Waals surface area contributed by atoms with Gasteiger partial charge in [-0.1, -0.05) is 18.2 Å². The number of primary amides is 1. The smallest absolute Gasteiger partial charge is 0.266 e. The van der Waals surface area contributed by atoms with Gasteiger partial charge in [-0.2, -0.15) is 0 Å². The molecular formula is C18H17N3O4S3. The summed E-state index contributed by atoms with van der Waals surface area (Å²) < 4.78 is 21.3. The zero-order chi connectivity index (χ0) is 19.7. The van der Waals surface area contributed by atoms with Gasteiger partial charge in [0.05, 0.1) is 23.7 Å². The molecular weight excluding hydrogens is 418 g/mol. The quantitative estimate of drug-likeness (QED) is 0.643. The van der Waals surface area contributed by atoms with Crippen LogP contribution in [0.25, 0.3) is 10.1 Å². The van der Waals surface area contributed by atoms with Gasteiger partial charge in [0.15, 0.2) is 0 Å². The summed E-state index contributed by atoms with van der Waals surface area (Å²) in [6.45, 7) is 2.10. The lowest BCUT2D eigenvalue weighted by Gasteiger charge is -2.24. The van der Waals surface area contributed by atoms with Gasteiger partial charge in [-0.3, -0.25) is 9.59 Å². The first-order valence-electron chi connectivity index (χ1n) is 8.51. The molecule has 4 rings (SSSR count). The molecule has 1 aliphatic heterocycles. The van der Waals surface area contributed by atoms with Crippen LogP contribution in [0.3, 0.4) is 0 Å². The largest absolute Gasteiger partial charge is 0.379 e. The Morgan fingerprint density at radius 2 is 1.89 bits per heavy atom. The number of fused-ring (bicyclic) bond motifs is 1. The maximum absolute atomic E-state index is 12.8. The number of benzene rings is 1. The Bertz CT molecular complexity index is 1040. The highest BCUT2D eigenvalue weighted by Crippen LogP contribution is 2.33. The van der Waals surface area contributed by atoms with E-state index in [1.807, 2.05) is 24.3 Å². The summed E-state index contributed by atoms with van der Waals surface area (Å²) in [6.07, 6.45) is 0. The summed E-state index contributed by atoms with van der Waals surface area (Å²) in [7, 11) is -1.43. The Labute approximate surface area is 171 Å². The highest BCUT2D eigenvalue weighted by molar-refractivity contribution is 7.85. The molecule has 3 heterocycles. The standard InChI is InChI=1S/C18H17N3O4S3/c19-16(22)12-10-15(28(24)21-5-7-25-8-6-21)27-18(12)20-17(23)14-9-11-3-1-2-4-13(11)26-14/h1-4,9-10H,5-8H2,(H2,19,22)(H,20,23). The van der Waals surface area contributed by atoms with E-state index in [-0.39, 0.29) is 11.5 Å². The number of rotatable bonds is 5. The Hall–Kier alpha value is -2.11. The topological polar surface area (TPSA) is 102 Å². The van der Waals surface area contributed by atoms with E-state index < -0.39 is 16.9 Å². The number of anilines is 1.